The highest BCUT2D eigenvalue weighted by Crippen LogP contribution is 2.24. The number of nitrogens with one attached hydrogen (secondary N) is 1. The van der Waals surface area contributed by atoms with E-state index in [1.165, 1.54) is 0 Å². The predicted octanol–water partition coefficient (Wildman–Crippen LogP) is 3.30. The number of ketones is 1. The van der Waals surface area contributed by atoms with Crippen LogP contribution in [0, 0.1) is 0 Å². The number of nitrogens with zero attached hydrogens (tertiary/aromatic N) is 2. The topological polar surface area (TPSA) is 54.9 Å². The fraction of sp³-hybridized carbons (Fsp3) is 0.118. The standard InChI is InChI=1S/C17H15N3O/c1-12(21)11-18-17-14-9-5-6-10-15(14)19-16(20-17)13-7-3-2-4-8-13/h2-10H,11H2,1H3,(H,18,19,20). The van der Waals surface area contributed by atoms with Crippen molar-refractivity contribution in [2.24, 2.45) is 0 Å². The minimum Gasteiger partial charge on any atom is -0.362 e. The van der Waals surface area contributed by atoms with Crippen LogP contribution < -0.4 is 5.32 Å². The van der Waals surface area contributed by atoms with Crippen molar-refractivity contribution in [1.82, 2.24) is 9.97 Å². The van der Waals surface area contributed by atoms with Crippen molar-refractivity contribution in [2.45, 2.75) is 6.92 Å². The maximum absolute atomic E-state index is 11.2. The molecule has 104 valence electrons. The quantitative estimate of drug-likeness (QED) is 0.795. The minimum atomic E-state index is 0.0685. The zero-order chi connectivity index (χ0) is 14.7. The third kappa shape index (κ3) is 2.89. The van der Waals surface area contributed by atoms with E-state index in [9.17, 15) is 4.79 Å². The fourth-order valence-electron chi connectivity index (χ4n) is 2.14. The van der Waals surface area contributed by atoms with E-state index in [2.05, 4.69) is 15.3 Å². The highest BCUT2D eigenvalue weighted by molar-refractivity contribution is 5.92. The monoisotopic (exact) mass is 277 g/mol. The van der Waals surface area contributed by atoms with Gasteiger partial charge in [0, 0.05) is 10.9 Å². The number of benzene rings is 2. The van der Waals surface area contributed by atoms with Crippen molar-refractivity contribution < 1.29 is 4.79 Å². The first kappa shape index (κ1) is 13.2. The van der Waals surface area contributed by atoms with E-state index >= 15 is 0 Å². The number of hydrogen-bond donors (Lipinski definition) is 1. The van der Waals surface area contributed by atoms with Gasteiger partial charge in [0.05, 0.1) is 12.1 Å². The Balaban J connectivity index is 2.12. The van der Waals surface area contributed by atoms with Gasteiger partial charge in [0.1, 0.15) is 11.6 Å². The Labute approximate surface area is 122 Å². The molecule has 0 aliphatic heterocycles. The first-order valence-corrected chi connectivity index (χ1v) is 6.79. The average Bonchev–Trinajstić information content (AvgIpc) is 2.53. The Hall–Kier alpha value is -2.75. The lowest BCUT2D eigenvalue weighted by atomic mass is 10.2. The number of carbonyl (C=O) groups excluding carboxylic acids is 1. The van der Waals surface area contributed by atoms with Crippen molar-refractivity contribution in [3.63, 3.8) is 0 Å². The van der Waals surface area contributed by atoms with Crippen LogP contribution in [0.3, 0.4) is 0 Å². The van der Waals surface area contributed by atoms with Crippen LogP contribution in [0.5, 0.6) is 0 Å². The van der Waals surface area contributed by atoms with E-state index in [1.54, 1.807) is 6.92 Å². The van der Waals surface area contributed by atoms with Crippen molar-refractivity contribution >= 4 is 22.5 Å². The van der Waals surface area contributed by atoms with Crippen LogP contribution in [0.15, 0.2) is 54.6 Å². The van der Waals surface area contributed by atoms with Gasteiger partial charge in [-0.25, -0.2) is 9.97 Å². The van der Waals surface area contributed by atoms with E-state index in [-0.39, 0.29) is 12.3 Å². The second-order valence-electron chi connectivity index (χ2n) is 4.83. The lowest BCUT2D eigenvalue weighted by Gasteiger charge is -2.10. The SMILES string of the molecule is CC(=O)CNc1nc(-c2ccccc2)nc2ccccc12. The molecule has 2 aromatic carbocycles. The summed E-state index contributed by atoms with van der Waals surface area (Å²) >= 11 is 0. The maximum Gasteiger partial charge on any atom is 0.162 e. The van der Waals surface area contributed by atoms with Gasteiger partial charge in [0.25, 0.3) is 0 Å². The number of rotatable bonds is 4. The van der Waals surface area contributed by atoms with E-state index in [4.69, 9.17) is 0 Å². The van der Waals surface area contributed by atoms with E-state index < -0.39 is 0 Å². The number of aromatic nitrogens is 2. The van der Waals surface area contributed by atoms with E-state index in [1.807, 2.05) is 54.6 Å². The highest BCUT2D eigenvalue weighted by atomic mass is 16.1. The molecule has 0 radical (unpaired) electrons. The normalized spacial score (nSPS) is 10.5. The molecule has 0 fully saturated rings. The van der Waals surface area contributed by atoms with Crippen LogP contribution in [0.2, 0.25) is 0 Å². The second kappa shape index (κ2) is 5.71. The minimum absolute atomic E-state index is 0.0685. The van der Waals surface area contributed by atoms with Crippen LogP contribution in [0.4, 0.5) is 5.82 Å². The third-order valence-electron chi connectivity index (χ3n) is 3.14. The van der Waals surface area contributed by atoms with Crippen LogP contribution in [-0.2, 0) is 4.79 Å². The van der Waals surface area contributed by atoms with E-state index in [0.29, 0.717) is 11.6 Å². The number of hydrogen-bond acceptors (Lipinski definition) is 4. The first-order chi connectivity index (χ1) is 10.2. The van der Waals surface area contributed by atoms with Crippen molar-refractivity contribution in [2.75, 3.05) is 11.9 Å². The summed E-state index contributed by atoms with van der Waals surface area (Å²) in [6, 6.07) is 17.6. The molecule has 4 heteroatoms. The molecule has 1 heterocycles. The highest BCUT2D eigenvalue weighted by Gasteiger charge is 2.09. The number of carbonyl (C=O) groups is 1. The van der Waals surface area contributed by atoms with Crippen LogP contribution in [-0.4, -0.2) is 22.3 Å². The summed E-state index contributed by atoms with van der Waals surface area (Å²) in [5.41, 5.74) is 1.81. The van der Waals surface area contributed by atoms with E-state index in [0.717, 1.165) is 16.5 Å². The average molecular weight is 277 g/mol. The molecule has 1 N–H and O–H groups in total. The van der Waals surface area contributed by atoms with Gasteiger partial charge in [-0.3, -0.25) is 4.79 Å². The molecule has 3 aromatic rings. The molecule has 21 heavy (non-hydrogen) atoms. The van der Waals surface area contributed by atoms with Gasteiger partial charge < -0.3 is 5.32 Å². The first-order valence-electron chi connectivity index (χ1n) is 6.79. The smallest absolute Gasteiger partial charge is 0.162 e. The Morgan fingerprint density at radius 3 is 2.48 bits per heavy atom. The molecule has 0 saturated heterocycles. The van der Waals surface area contributed by atoms with Gasteiger partial charge in [0.15, 0.2) is 5.82 Å². The van der Waals surface area contributed by atoms with Crippen molar-refractivity contribution in [1.29, 1.82) is 0 Å². The summed E-state index contributed by atoms with van der Waals surface area (Å²) in [6.07, 6.45) is 0. The summed E-state index contributed by atoms with van der Waals surface area (Å²) in [7, 11) is 0. The van der Waals surface area contributed by atoms with Gasteiger partial charge in [0.2, 0.25) is 0 Å². The second-order valence-corrected chi connectivity index (χ2v) is 4.83. The Kier molecular flexibility index (Phi) is 3.60. The molecule has 0 atom stereocenters. The molecule has 0 amide bonds. The molecular weight excluding hydrogens is 262 g/mol. The van der Waals surface area contributed by atoms with Gasteiger partial charge in [-0.1, -0.05) is 42.5 Å². The molecule has 3 rings (SSSR count). The molecule has 0 saturated carbocycles. The molecular formula is C17H15N3O. The molecule has 0 spiro atoms. The van der Waals surface area contributed by atoms with Crippen molar-refractivity contribution in [3.05, 3.63) is 54.6 Å². The summed E-state index contributed by atoms with van der Waals surface area (Å²) < 4.78 is 0. The summed E-state index contributed by atoms with van der Waals surface area (Å²) in [6.45, 7) is 1.81. The lowest BCUT2D eigenvalue weighted by Crippen LogP contribution is -2.12. The number of anilines is 1. The molecule has 1 aromatic heterocycles. The number of para-hydroxylation sites is 1. The molecule has 0 aliphatic carbocycles. The van der Waals surface area contributed by atoms with Crippen LogP contribution in [0.1, 0.15) is 6.92 Å². The zero-order valence-electron chi connectivity index (χ0n) is 11.7. The molecule has 0 unspecified atom stereocenters. The molecule has 0 bridgehead atoms. The van der Waals surface area contributed by atoms with Gasteiger partial charge in [-0.15, -0.1) is 0 Å². The summed E-state index contributed by atoms with van der Waals surface area (Å²) in [5, 5.41) is 4.01. The molecule has 4 nitrogen and oxygen atoms in total. The Bertz CT molecular complexity index is 784. The van der Waals surface area contributed by atoms with Gasteiger partial charge >= 0.3 is 0 Å². The Morgan fingerprint density at radius 2 is 1.71 bits per heavy atom. The summed E-state index contributed by atoms with van der Waals surface area (Å²) in [4.78, 5) is 20.4. The number of Topliss-reactive ketones (excluding diaryl/α,β-unsaturated/α-hetero) is 1. The maximum atomic E-state index is 11.2. The van der Waals surface area contributed by atoms with Crippen molar-refractivity contribution in [3.8, 4) is 11.4 Å². The van der Waals surface area contributed by atoms with Crippen LogP contribution in [0.25, 0.3) is 22.3 Å². The Morgan fingerprint density at radius 1 is 1.00 bits per heavy atom. The van der Waals surface area contributed by atoms with Crippen LogP contribution >= 0.6 is 0 Å². The fourth-order valence-corrected chi connectivity index (χ4v) is 2.14. The lowest BCUT2D eigenvalue weighted by molar-refractivity contribution is -0.115. The van der Waals surface area contributed by atoms with Gasteiger partial charge in [-0.05, 0) is 19.1 Å². The third-order valence-corrected chi connectivity index (χ3v) is 3.14. The molecule has 0 aliphatic rings. The zero-order valence-corrected chi connectivity index (χ0v) is 11.7. The van der Waals surface area contributed by atoms with Gasteiger partial charge in [-0.2, -0.15) is 0 Å². The predicted molar refractivity (Wildman–Crippen MR) is 84.1 cm³/mol. The number of fused-ring (bicyclic) bond motifs is 1. The summed E-state index contributed by atoms with van der Waals surface area (Å²) in [5.74, 6) is 1.41. The largest absolute Gasteiger partial charge is 0.362 e.